The van der Waals surface area contributed by atoms with Crippen LogP contribution in [-0.4, -0.2) is 13.0 Å². The smallest absolute Gasteiger partial charge is 0.217 e. The number of methoxy groups -OCH3 is 1. The highest BCUT2D eigenvalue weighted by molar-refractivity contribution is 5.74. The van der Waals surface area contributed by atoms with Gasteiger partial charge >= 0.3 is 0 Å². The van der Waals surface area contributed by atoms with Crippen molar-refractivity contribution in [2.45, 2.75) is 26.4 Å². The summed E-state index contributed by atoms with van der Waals surface area (Å²) in [6, 6.07) is 6.14. The highest BCUT2D eigenvalue weighted by Crippen LogP contribution is 2.13. The first-order valence-electron chi connectivity index (χ1n) is 4.99. The van der Waals surface area contributed by atoms with Crippen LogP contribution in [0.5, 0.6) is 0 Å². The molecule has 0 aromatic heterocycles. The molecule has 0 heterocycles. The maximum atomic E-state index is 10.6. The summed E-state index contributed by atoms with van der Waals surface area (Å²) in [6.07, 6.45) is 1.10. The van der Waals surface area contributed by atoms with Gasteiger partial charge in [0.1, 0.15) is 0 Å². The Balaban J connectivity index is 2.73. The lowest BCUT2D eigenvalue weighted by atomic mass is 10.0. The van der Waals surface area contributed by atoms with Gasteiger partial charge in [-0.2, -0.15) is 0 Å². The maximum Gasteiger partial charge on any atom is 0.217 e. The van der Waals surface area contributed by atoms with E-state index in [4.69, 9.17) is 10.5 Å². The predicted octanol–water partition coefficient (Wildman–Crippen LogP) is 1.56. The molecule has 0 bridgehead atoms. The summed E-state index contributed by atoms with van der Waals surface area (Å²) >= 11 is 0. The minimum Gasteiger partial charge on any atom is -0.380 e. The van der Waals surface area contributed by atoms with E-state index in [1.54, 1.807) is 7.11 Å². The normalized spacial score (nSPS) is 10.3. The summed E-state index contributed by atoms with van der Waals surface area (Å²) < 4.78 is 5.10. The fourth-order valence-corrected chi connectivity index (χ4v) is 1.46. The molecule has 0 saturated carbocycles. The summed E-state index contributed by atoms with van der Waals surface area (Å²) in [7, 11) is 1.68. The van der Waals surface area contributed by atoms with Crippen molar-refractivity contribution in [2.75, 3.05) is 7.11 Å². The van der Waals surface area contributed by atoms with Gasteiger partial charge in [-0.05, 0) is 30.0 Å². The fourth-order valence-electron chi connectivity index (χ4n) is 1.46. The highest BCUT2D eigenvalue weighted by atomic mass is 16.5. The molecule has 3 heteroatoms. The minimum absolute atomic E-state index is 0.260. The van der Waals surface area contributed by atoms with E-state index in [9.17, 15) is 4.79 Å². The third-order valence-corrected chi connectivity index (χ3v) is 2.37. The van der Waals surface area contributed by atoms with Crippen molar-refractivity contribution >= 4 is 5.91 Å². The zero-order valence-corrected chi connectivity index (χ0v) is 9.25. The van der Waals surface area contributed by atoms with E-state index in [2.05, 4.69) is 6.07 Å². The first-order valence-corrected chi connectivity index (χ1v) is 4.99. The van der Waals surface area contributed by atoms with Gasteiger partial charge in [0, 0.05) is 13.5 Å². The summed E-state index contributed by atoms with van der Waals surface area (Å²) in [4.78, 5) is 10.6. The number of carbonyl (C=O) groups excluding carboxylic acids is 1. The molecular weight excluding hydrogens is 190 g/mol. The van der Waals surface area contributed by atoms with E-state index >= 15 is 0 Å². The molecule has 1 aromatic carbocycles. The van der Waals surface area contributed by atoms with E-state index in [0.29, 0.717) is 19.4 Å². The first kappa shape index (κ1) is 11.7. The molecule has 0 aliphatic carbocycles. The zero-order valence-electron chi connectivity index (χ0n) is 9.25. The Morgan fingerprint density at radius 3 is 2.80 bits per heavy atom. The number of carbonyl (C=O) groups is 1. The van der Waals surface area contributed by atoms with Gasteiger partial charge in [-0.15, -0.1) is 0 Å². The molecule has 0 unspecified atom stereocenters. The van der Waals surface area contributed by atoms with Gasteiger partial charge in [0.2, 0.25) is 5.91 Å². The number of rotatable bonds is 5. The van der Waals surface area contributed by atoms with Crippen molar-refractivity contribution in [3.8, 4) is 0 Å². The Kier molecular flexibility index (Phi) is 4.31. The Labute approximate surface area is 90.2 Å². The summed E-state index contributed by atoms with van der Waals surface area (Å²) in [6.45, 7) is 2.66. The van der Waals surface area contributed by atoms with E-state index in [1.165, 1.54) is 11.1 Å². The van der Waals surface area contributed by atoms with Crippen molar-refractivity contribution in [3.05, 3.63) is 34.9 Å². The largest absolute Gasteiger partial charge is 0.380 e. The number of nitrogens with two attached hydrogens (primary N) is 1. The average molecular weight is 207 g/mol. The number of primary amides is 1. The van der Waals surface area contributed by atoms with Crippen molar-refractivity contribution < 1.29 is 9.53 Å². The van der Waals surface area contributed by atoms with Crippen LogP contribution >= 0.6 is 0 Å². The lowest BCUT2D eigenvalue weighted by molar-refractivity contribution is -0.117. The summed E-state index contributed by atoms with van der Waals surface area (Å²) in [5.41, 5.74) is 8.61. The molecular formula is C12H17NO2. The average Bonchev–Trinajstić information content (AvgIpc) is 2.19. The van der Waals surface area contributed by atoms with Crippen molar-refractivity contribution in [1.29, 1.82) is 0 Å². The summed E-state index contributed by atoms with van der Waals surface area (Å²) in [5, 5.41) is 0. The maximum absolute atomic E-state index is 10.6. The second-order valence-electron chi connectivity index (χ2n) is 3.66. The number of benzene rings is 1. The second-order valence-corrected chi connectivity index (χ2v) is 3.66. The van der Waals surface area contributed by atoms with Crippen LogP contribution in [0.1, 0.15) is 23.1 Å². The number of ether oxygens (including phenoxy) is 1. The van der Waals surface area contributed by atoms with E-state index < -0.39 is 0 Å². The van der Waals surface area contributed by atoms with Gasteiger partial charge in [0.25, 0.3) is 0 Å². The Morgan fingerprint density at radius 2 is 2.20 bits per heavy atom. The molecule has 0 radical (unpaired) electrons. The molecule has 1 aromatic rings. The third kappa shape index (κ3) is 3.72. The number of amides is 1. The Hall–Kier alpha value is -1.35. The molecule has 0 spiro atoms. The molecule has 1 rings (SSSR count). The van der Waals surface area contributed by atoms with Gasteiger partial charge < -0.3 is 10.5 Å². The number of hydrogen-bond donors (Lipinski definition) is 1. The van der Waals surface area contributed by atoms with E-state index in [0.717, 1.165) is 5.56 Å². The quantitative estimate of drug-likeness (QED) is 0.796. The fraction of sp³-hybridized carbons (Fsp3) is 0.417. The SMILES string of the molecule is COCc1cc(CCC(N)=O)ccc1C. The standard InChI is InChI=1S/C12H17NO2/c1-9-3-4-10(5-6-12(13)14)7-11(9)8-15-2/h3-4,7H,5-6,8H2,1-2H3,(H2,13,14). The Morgan fingerprint density at radius 1 is 1.47 bits per heavy atom. The predicted molar refractivity (Wildman–Crippen MR) is 59.4 cm³/mol. The van der Waals surface area contributed by atoms with Crippen LogP contribution in [0.4, 0.5) is 0 Å². The lowest BCUT2D eigenvalue weighted by Crippen LogP contribution is -2.11. The van der Waals surface area contributed by atoms with Crippen LogP contribution in [-0.2, 0) is 22.6 Å². The van der Waals surface area contributed by atoms with Gasteiger partial charge in [-0.25, -0.2) is 0 Å². The van der Waals surface area contributed by atoms with Crippen LogP contribution in [0.2, 0.25) is 0 Å². The van der Waals surface area contributed by atoms with Crippen molar-refractivity contribution in [3.63, 3.8) is 0 Å². The van der Waals surface area contributed by atoms with Crippen LogP contribution in [0.3, 0.4) is 0 Å². The first-order chi connectivity index (χ1) is 7.13. The molecule has 0 atom stereocenters. The third-order valence-electron chi connectivity index (χ3n) is 2.37. The monoisotopic (exact) mass is 207 g/mol. The van der Waals surface area contributed by atoms with E-state index in [1.807, 2.05) is 19.1 Å². The molecule has 1 amide bonds. The number of hydrogen-bond acceptors (Lipinski definition) is 2. The molecule has 0 aliphatic heterocycles. The van der Waals surface area contributed by atoms with Gasteiger partial charge in [0.05, 0.1) is 6.61 Å². The Bertz CT molecular complexity index is 347. The van der Waals surface area contributed by atoms with Gasteiger partial charge in [-0.1, -0.05) is 18.2 Å². The lowest BCUT2D eigenvalue weighted by Gasteiger charge is -2.07. The second kappa shape index (κ2) is 5.51. The molecule has 0 aliphatic rings. The molecule has 82 valence electrons. The molecule has 2 N–H and O–H groups in total. The van der Waals surface area contributed by atoms with Gasteiger partial charge in [-0.3, -0.25) is 4.79 Å². The molecule has 0 saturated heterocycles. The van der Waals surface area contributed by atoms with Crippen molar-refractivity contribution in [1.82, 2.24) is 0 Å². The highest BCUT2D eigenvalue weighted by Gasteiger charge is 2.02. The summed E-state index contributed by atoms with van der Waals surface area (Å²) in [5.74, 6) is -0.260. The molecule has 0 fully saturated rings. The van der Waals surface area contributed by atoms with E-state index in [-0.39, 0.29) is 5.91 Å². The van der Waals surface area contributed by atoms with Gasteiger partial charge in [0.15, 0.2) is 0 Å². The number of aryl methyl sites for hydroxylation is 2. The molecule has 15 heavy (non-hydrogen) atoms. The van der Waals surface area contributed by atoms with Crippen LogP contribution in [0.15, 0.2) is 18.2 Å². The van der Waals surface area contributed by atoms with Crippen LogP contribution in [0, 0.1) is 6.92 Å². The van der Waals surface area contributed by atoms with Crippen LogP contribution in [0.25, 0.3) is 0 Å². The molecule has 3 nitrogen and oxygen atoms in total. The minimum atomic E-state index is -0.260. The van der Waals surface area contributed by atoms with Crippen LogP contribution < -0.4 is 5.73 Å². The topological polar surface area (TPSA) is 52.3 Å². The van der Waals surface area contributed by atoms with Crippen molar-refractivity contribution in [2.24, 2.45) is 5.73 Å². The zero-order chi connectivity index (χ0) is 11.3.